The Morgan fingerprint density at radius 2 is 1.94 bits per heavy atom. The summed E-state index contributed by atoms with van der Waals surface area (Å²) in [7, 11) is 0. The molecule has 0 unspecified atom stereocenters. The third-order valence-electron chi connectivity index (χ3n) is 4.18. The van der Waals surface area contributed by atoms with Crippen molar-refractivity contribution < 1.29 is 22.5 Å². The average molecular weight is 477 g/mol. The van der Waals surface area contributed by atoms with Crippen LogP contribution in [0.4, 0.5) is 18.3 Å². The van der Waals surface area contributed by atoms with E-state index in [0.29, 0.717) is 21.8 Å². The molecule has 2 aromatic carbocycles. The lowest BCUT2D eigenvalue weighted by molar-refractivity contribution is -0.137. The van der Waals surface area contributed by atoms with Crippen molar-refractivity contribution in [1.29, 1.82) is 0 Å². The molecule has 32 heavy (non-hydrogen) atoms. The van der Waals surface area contributed by atoms with E-state index in [-0.39, 0.29) is 10.7 Å². The van der Waals surface area contributed by atoms with E-state index < -0.39 is 17.6 Å². The molecule has 2 aromatic heterocycles. The number of halogens is 3. The number of aryl methyl sites for hydroxylation is 1. The first-order valence-electron chi connectivity index (χ1n) is 9.12. The first kappa shape index (κ1) is 22.0. The minimum atomic E-state index is -4.53. The highest BCUT2D eigenvalue weighted by molar-refractivity contribution is 8.00. The normalized spacial score (nSPS) is 11.5. The van der Waals surface area contributed by atoms with E-state index in [4.69, 9.17) is 4.52 Å². The third-order valence-corrected chi connectivity index (χ3v) is 6.13. The maximum atomic E-state index is 12.8. The fraction of sp³-hybridized carbons (Fsp3) is 0.150. The van der Waals surface area contributed by atoms with Gasteiger partial charge in [-0.15, -0.1) is 10.2 Å². The maximum absolute atomic E-state index is 12.8. The molecule has 7 nitrogen and oxygen atoms in total. The Hall–Kier alpha value is -3.25. The van der Waals surface area contributed by atoms with Gasteiger partial charge in [-0.2, -0.15) is 18.2 Å². The largest absolute Gasteiger partial charge is 0.416 e. The van der Waals surface area contributed by atoms with Crippen LogP contribution in [-0.2, 0) is 11.9 Å². The van der Waals surface area contributed by atoms with Crippen LogP contribution in [0.2, 0.25) is 0 Å². The van der Waals surface area contributed by atoms with E-state index in [0.717, 1.165) is 34.6 Å². The first-order chi connectivity index (χ1) is 15.3. The van der Waals surface area contributed by atoms with Gasteiger partial charge in [0.1, 0.15) is 0 Å². The minimum Gasteiger partial charge on any atom is -0.338 e. The van der Waals surface area contributed by atoms with Crippen LogP contribution in [0.25, 0.3) is 11.4 Å². The number of amides is 1. The van der Waals surface area contributed by atoms with Crippen LogP contribution in [0, 0.1) is 6.92 Å². The maximum Gasteiger partial charge on any atom is 0.416 e. The lowest BCUT2D eigenvalue weighted by atomic mass is 10.1. The summed E-state index contributed by atoms with van der Waals surface area (Å²) in [4.78, 5) is 16.6. The molecule has 0 aliphatic carbocycles. The number of carbonyl (C=O) groups excluding carboxylic acids is 1. The molecule has 0 aliphatic heterocycles. The zero-order valence-corrected chi connectivity index (χ0v) is 18.0. The molecular formula is C20H14F3N5O2S2. The van der Waals surface area contributed by atoms with Crippen LogP contribution in [-0.4, -0.2) is 26.2 Å². The Kier molecular flexibility index (Phi) is 6.24. The number of anilines is 1. The fourth-order valence-electron chi connectivity index (χ4n) is 2.58. The van der Waals surface area contributed by atoms with Crippen molar-refractivity contribution in [3.8, 4) is 11.4 Å². The van der Waals surface area contributed by atoms with Crippen LogP contribution in [0.3, 0.4) is 0 Å². The van der Waals surface area contributed by atoms with Crippen molar-refractivity contribution >= 4 is 34.1 Å². The molecule has 0 aliphatic rings. The average Bonchev–Trinajstić information content (AvgIpc) is 3.42. The molecule has 164 valence electrons. The Labute approximate surface area is 188 Å². The SMILES string of the molecule is Cc1ccc(-c2noc(CSc3nnc(NC(=O)c4cccc(C(F)(F)F)c4)s3)n2)cc1. The van der Waals surface area contributed by atoms with Crippen molar-refractivity contribution in [3.63, 3.8) is 0 Å². The highest BCUT2D eigenvalue weighted by atomic mass is 32.2. The smallest absolute Gasteiger partial charge is 0.338 e. The molecule has 4 rings (SSSR count). The standard InChI is InChI=1S/C20H14F3N5O2S2/c1-11-5-7-12(8-6-11)16-24-15(30-28-16)10-31-19-27-26-18(32-19)25-17(29)13-3-2-4-14(9-13)20(21,22)23/h2-9H,10H2,1H3,(H,25,26,29). The number of carbonyl (C=O) groups is 1. The third kappa shape index (κ3) is 5.32. The van der Waals surface area contributed by atoms with Gasteiger partial charge in [0.25, 0.3) is 5.91 Å². The van der Waals surface area contributed by atoms with Gasteiger partial charge in [0.2, 0.25) is 16.8 Å². The topological polar surface area (TPSA) is 93.8 Å². The molecule has 0 saturated carbocycles. The molecule has 0 radical (unpaired) electrons. The number of aromatic nitrogens is 4. The highest BCUT2D eigenvalue weighted by Gasteiger charge is 2.31. The number of thioether (sulfide) groups is 1. The molecule has 12 heteroatoms. The summed E-state index contributed by atoms with van der Waals surface area (Å²) in [5.41, 5.74) is 0.938. The molecule has 2 heterocycles. The predicted molar refractivity (Wildman–Crippen MR) is 113 cm³/mol. The second-order valence-electron chi connectivity index (χ2n) is 6.57. The molecular weight excluding hydrogens is 463 g/mol. The number of rotatable bonds is 6. The Morgan fingerprint density at radius 1 is 1.16 bits per heavy atom. The Morgan fingerprint density at radius 3 is 2.69 bits per heavy atom. The number of hydrogen-bond acceptors (Lipinski definition) is 8. The zero-order chi connectivity index (χ0) is 22.7. The molecule has 4 aromatic rings. The molecule has 0 bridgehead atoms. The summed E-state index contributed by atoms with van der Waals surface area (Å²) < 4.78 is 44.3. The van der Waals surface area contributed by atoms with Gasteiger partial charge in [-0.25, -0.2) is 0 Å². The number of nitrogens with zero attached hydrogens (tertiary/aromatic N) is 4. The number of nitrogens with one attached hydrogen (secondary N) is 1. The van der Waals surface area contributed by atoms with Crippen molar-refractivity contribution in [3.05, 3.63) is 71.1 Å². The van der Waals surface area contributed by atoms with Crippen LogP contribution in [0.5, 0.6) is 0 Å². The Bertz CT molecular complexity index is 1240. The van der Waals surface area contributed by atoms with Gasteiger partial charge in [-0.3, -0.25) is 10.1 Å². The summed E-state index contributed by atoms with van der Waals surface area (Å²) >= 11 is 2.37. The molecule has 0 spiro atoms. The molecule has 1 N–H and O–H groups in total. The quantitative estimate of drug-likeness (QED) is 0.291. The van der Waals surface area contributed by atoms with Gasteiger partial charge in [0, 0.05) is 11.1 Å². The summed E-state index contributed by atoms with van der Waals surface area (Å²) in [5, 5.41) is 14.4. The van der Waals surface area contributed by atoms with Crippen molar-refractivity contribution in [2.75, 3.05) is 5.32 Å². The van der Waals surface area contributed by atoms with Gasteiger partial charge >= 0.3 is 6.18 Å². The van der Waals surface area contributed by atoms with E-state index >= 15 is 0 Å². The summed E-state index contributed by atoms with van der Waals surface area (Å²) in [5.74, 6) is 0.514. The van der Waals surface area contributed by atoms with Crippen molar-refractivity contribution in [1.82, 2.24) is 20.3 Å². The summed E-state index contributed by atoms with van der Waals surface area (Å²) in [6, 6.07) is 11.9. The minimum absolute atomic E-state index is 0.126. The lowest BCUT2D eigenvalue weighted by Gasteiger charge is -2.08. The lowest BCUT2D eigenvalue weighted by Crippen LogP contribution is -2.13. The molecule has 0 atom stereocenters. The van der Waals surface area contributed by atoms with E-state index in [9.17, 15) is 18.0 Å². The number of hydrogen-bond donors (Lipinski definition) is 1. The van der Waals surface area contributed by atoms with Crippen molar-refractivity contribution in [2.24, 2.45) is 0 Å². The number of alkyl halides is 3. The second-order valence-corrected chi connectivity index (χ2v) is 8.77. The van der Waals surface area contributed by atoms with E-state index in [1.54, 1.807) is 0 Å². The second kappa shape index (κ2) is 9.09. The van der Waals surface area contributed by atoms with Crippen LogP contribution in [0.1, 0.15) is 27.4 Å². The summed E-state index contributed by atoms with van der Waals surface area (Å²) in [6.07, 6.45) is -4.53. The fourth-order valence-corrected chi connectivity index (χ4v) is 4.17. The summed E-state index contributed by atoms with van der Waals surface area (Å²) in [6.45, 7) is 1.99. The van der Waals surface area contributed by atoms with Crippen molar-refractivity contribution in [2.45, 2.75) is 23.2 Å². The van der Waals surface area contributed by atoms with Gasteiger partial charge in [0.05, 0.1) is 11.3 Å². The monoisotopic (exact) mass is 477 g/mol. The van der Waals surface area contributed by atoms with E-state index in [2.05, 4.69) is 25.7 Å². The van der Waals surface area contributed by atoms with Crippen LogP contribution < -0.4 is 5.32 Å². The van der Waals surface area contributed by atoms with Gasteiger partial charge < -0.3 is 4.52 Å². The first-order valence-corrected chi connectivity index (χ1v) is 10.9. The van der Waals surface area contributed by atoms with Crippen LogP contribution in [0.15, 0.2) is 57.4 Å². The number of benzene rings is 2. The van der Waals surface area contributed by atoms with Gasteiger partial charge in [-0.05, 0) is 25.1 Å². The van der Waals surface area contributed by atoms with Crippen LogP contribution >= 0.6 is 23.1 Å². The zero-order valence-electron chi connectivity index (χ0n) is 16.4. The van der Waals surface area contributed by atoms with E-state index in [1.165, 1.54) is 23.9 Å². The Balaban J connectivity index is 1.35. The highest BCUT2D eigenvalue weighted by Crippen LogP contribution is 2.31. The van der Waals surface area contributed by atoms with E-state index in [1.807, 2.05) is 31.2 Å². The molecule has 0 saturated heterocycles. The molecule has 1 amide bonds. The predicted octanol–water partition coefficient (Wildman–Crippen LogP) is 5.46. The van der Waals surface area contributed by atoms with Gasteiger partial charge in [-0.1, -0.05) is 64.2 Å². The molecule has 0 fully saturated rings. The van der Waals surface area contributed by atoms with Gasteiger partial charge in [0.15, 0.2) is 4.34 Å².